The van der Waals surface area contributed by atoms with Gasteiger partial charge in [0.05, 0.1) is 29.8 Å². The zero-order valence-corrected chi connectivity index (χ0v) is 19.8. The number of nitrogens with zero attached hydrogens (tertiary/aromatic N) is 6. The van der Waals surface area contributed by atoms with E-state index in [0.29, 0.717) is 13.0 Å². The fraction of sp³-hybridized carbons (Fsp3) is 0.320. The van der Waals surface area contributed by atoms with Gasteiger partial charge >= 0.3 is 0 Å². The topological polar surface area (TPSA) is 95.3 Å². The summed E-state index contributed by atoms with van der Waals surface area (Å²) in [6.45, 7) is 1.55. The first-order chi connectivity index (χ1) is 16.5. The number of fused-ring (bicyclic) bond motifs is 1. The van der Waals surface area contributed by atoms with E-state index in [0.717, 1.165) is 45.8 Å². The van der Waals surface area contributed by atoms with E-state index in [4.69, 9.17) is 0 Å². The number of hydrogen-bond acceptors (Lipinski definition) is 8. The van der Waals surface area contributed by atoms with Gasteiger partial charge in [-0.2, -0.15) is 0 Å². The second-order valence-electron chi connectivity index (χ2n) is 8.78. The molecule has 0 saturated carbocycles. The van der Waals surface area contributed by atoms with E-state index in [1.165, 1.54) is 11.3 Å². The Kier molecular flexibility index (Phi) is 6.21. The Morgan fingerprint density at radius 3 is 2.94 bits per heavy atom. The van der Waals surface area contributed by atoms with Crippen molar-refractivity contribution in [3.8, 4) is 10.6 Å². The van der Waals surface area contributed by atoms with Crippen molar-refractivity contribution in [1.82, 2.24) is 24.8 Å². The van der Waals surface area contributed by atoms with Gasteiger partial charge in [0.15, 0.2) is 0 Å². The predicted octanol–water partition coefficient (Wildman–Crippen LogP) is 3.18. The minimum Gasteiger partial charge on any atom is -0.386 e. The summed E-state index contributed by atoms with van der Waals surface area (Å²) < 4.78 is 0. The second kappa shape index (κ2) is 9.44. The average molecular weight is 475 g/mol. The highest BCUT2D eigenvalue weighted by atomic mass is 32.1. The number of aromatic nitrogens is 4. The summed E-state index contributed by atoms with van der Waals surface area (Å²) in [5, 5.41) is 15.1. The summed E-state index contributed by atoms with van der Waals surface area (Å²) in [7, 11) is 1.75. The molecule has 0 aromatic carbocycles. The van der Waals surface area contributed by atoms with Crippen LogP contribution in [0.25, 0.3) is 21.5 Å². The number of amides is 1. The number of anilines is 1. The van der Waals surface area contributed by atoms with Crippen molar-refractivity contribution in [3.63, 3.8) is 0 Å². The maximum absolute atomic E-state index is 12.9. The first-order valence-corrected chi connectivity index (χ1v) is 12.1. The van der Waals surface area contributed by atoms with E-state index < -0.39 is 5.60 Å². The number of rotatable bonds is 6. The lowest BCUT2D eigenvalue weighted by Gasteiger charge is -2.42. The van der Waals surface area contributed by atoms with Crippen LogP contribution in [0.4, 0.5) is 5.69 Å². The summed E-state index contributed by atoms with van der Waals surface area (Å²) in [6.07, 6.45) is 10.5. The molecular formula is C25H26N6O2S. The summed E-state index contributed by atoms with van der Waals surface area (Å²) >= 11 is 1.50. The van der Waals surface area contributed by atoms with Gasteiger partial charge in [-0.15, -0.1) is 11.3 Å². The van der Waals surface area contributed by atoms with Crippen LogP contribution in [0.1, 0.15) is 18.5 Å². The van der Waals surface area contributed by atoms with Gasteiger partial charge in [-0.1, -0.05) is 0 Å². The molecule has 0 aliphatic carbocycles. The van der Waals surface area contributed by atoms with E-state index in [1.807, 2.05) is 35.8 Å². The third-order valence-corrected chi connectivity index (χ3v) is 7.11. The van der Waals surface area contributed by atoms with Gasteiger partial charge in [-0.05, 0) is 37.1 Å². The normalized spacial score (nSPS) is 18.2. The number of β-amino-alcohol motifs (C(OH)–C–C–N with tert-alkyl or cyclic N) is 1. The van der Waals surface area contributed by atoms with Crippen LogP contribution in [0, 0.1) is 0 Å². The summed E-state index contributed by atoms with van der Waals surface area (Å²) in [5.41, 5.74) is 2.56. The molecule has 9 heteroatoms. The summed E-state index contributed by atoms with van der Waals surface area (Å²) in [5.74, 6) is -0.0628. The van der Waals surface area contributed by atoms with Crippen molar-refractivity contribution in [2.75, 3.05) is 31.6 Å². The smallest absolute Gasteiger partial charge is 0.228 e. The molecule has 0 unspecified atom stereocenters. The monoisotopic (exact) mass is 474 g/mol. The molecule has 1 fully saturated rings. The van der Waals surface area contributed by atoms with Gasteiger partial charge in [-0.3, -0.25) is 19.7 Å². The van der Waals surface area contributed by atoms with Gasteiger partial charge in [0.25, 0.3) is 0 Å². The molecule has 0 bridgehead atoms. The first kappa shape index (κ1) is 22.4. The molecule has 1 amide bonds. The molecule has 1 atom stereocenters. The Bertz CT molecular complexity index is 1290. The van der Waals surface area contributed by atoms with Crippen LogP contribution in [-0.2, 0) is 11.2 Å². The largest absolute Gasteiger partial charge is 0.386 e. The number of hydrogen-bond donors (Lipinski definition) is 1. The standard InChI is InChI=1S/C25H26N6O2S/c1-30(23(32)12-19-15-34-24(29-19)18-4-2-8-26-13-18)16-25(33)7-3-11-31(17-25)22-6-10-28-21-5-9-27-14-20(21)22/h2,4-6,8-10,13-15,33H,3,7,11-12,16-17H2,1H3/t25-/m0/s1. The van der Waals surface area contributed by atoms with Crippen molar-refractivity contribution >= 4 is 33.8 Å². The molecule has 0 radical (unpaired) electrons. The summed E-state index contributed by atoms with van der Waals surface area (Å²) in [4.78, 5) is 34.1. The van der Waals surface area contributed by atoms with Crippen LogP contribution in [0.15, 0.2) is 60.6 Å². The van der Waals surface area contributed by atoms with Crippen LogP contribution in [-0.4, -0.2) is 68.1 Å². The minimum absolute atomic E-state index is 0.0628. The number of thiazole rings is 1. The van der Waals surface area contributed by atoms with Gasteiger partial charge in [-0.25, -0.2) is 4.98 Å². The minimum atomic E-state index is -0.997. The van der Waals surface area contributed by atoms with Crippen LogP contribution < -0.4 is 4.90 Å². The molecule has 1 saturated heterocycles. The highest BCUT2D eigenvalue weighted by Crippen LogP contribution is 2.31. The van der Waals surface area contributed by atoms with E-state index in [9.17, 15) is 9.90 Å². The average Bonchev–Trinajstić information content (AvgIpc) is 3.32. The lowest BCUT2D eigenvalue weighted by molar-refractivity contribution is -0.132. The Hall–Kier alpha value is -3.43. The molecule has 1 aliphatic heterocycles. The zero-order chi connectivity index (χ0) is 23.5. The molecule has 5 heterocycles. The fourth-order valence-electron chi connectivity index (χ4n) is 4.53. The van der Waals surface area contributed by atoms with Crippen molar-refractivity contribution < 1.29 is 9.90 Å². The molecular weight excluding hydrogens is 448 g/mol. The SMILES string of the molecule is CN(C[C@@]1(O)CCCN(c2ccnc3ccncc23)C1)C(=O)Cc1csc(-c2cccnc2)n1. The maximum atomic E-state index is 12.9. The molecule has 1 N–H and O–H groups in total. The van der Waals surface area contributed by atoms with Gasteiger partial charge in [0.1, 0.15) is 5.01 Å². The second-order valence-corrected chi connectivity index (χ2v) is 9.64. The number of carbonyl (C=O) groups is 1. The van der Waals surface area contributed by atoms with Crippen LogP contribution in [0.3, 0.4) is 0 Å². The molecule has 174 valence electrons. The van der Waals surface area contributed by atoms with Crippen LogP contribution in [0.5, 0.6) is 0 Å². The fourth-order valence-corrected chi connectivity index (χ4v) is 5.34. The molecule has 0 spiro atoms. The van der Waals surface area contributed by atoms with Crippen LogP contribution >= 0.6 is 11.3 Å². The Balaban J connectivity index is 1.25. The number of pyridine rings is 3. The molecule has 8 nitrogen and oxygen atoms in total. The quantitative estimate of drug-likeness (QED) is 0.459. The van der Waals surface area contributed by atoms with Gasteiger partial charge < -0.3 is 14.9 Å². The number of likely N-dealkylation sites (N-methyl/N-ethyl adjacent to an activating group) is 1. The van der Waals surface area contributed by atoms with Crippen molar-refractivity contribution in [1.29, 1.82) is 0 Å². The predicted molar refractivity (Wildman–Crippen MR) is 133 cm³/mol. The van der Waals surface area contributed by atoms with Crippen LogP contribution in [0.2, 0.25) is 0 Å². The van der Waals surface area contributed by atoms with E-state index in [-0.39, 0.29) is 18.9 Å². The third-order valence-electron chi connectivity index (χ3n) is 6.17. The Morgan fingerprint density at radius 2 is 2.09 bits per heavy atom. The van der Waals surface area contributed by atoms with Gasteiger partial charge in [0, 0.05) is 73.1 Å². The van der Waals surface area contributed by atoms with Crippen molar-refractivity contribution in [2.24, 2.45) is 0 Å². The summed E-state index contributed by atoms with van der Waals surface area (Å²) in [6, 6.07) is 7.68. The molecule has 4 aromatic heterocycles. The number of aliphatic hydroxyl groups is 1. The maximum Gasteiger partial charge on any atom is 0.228 e. The highest BCUT2D eigenvalue weighted by molar-refractivity contribution is 7.13. The molecule has 34 heavy (non-hydrogen) atoms. The van der Waals surface area contributed by atoms with Gasteiger partial charge in [0.2, 0.25) is 5.91 Å². The van der Waals surface area contributed by atoms with E-state index >= 15 is 0 Å². The lowest BCUT2D eigenvalue weighted by atomic mass is 9.91. The Morgan fingerprint density at radius 1 is 1.21 bits per heavy atom. The van der Waals surface area contributed by atoms with E-state index in [2.05, 4.69) is 24.8 Å². The van der Waals surface area contributed by atoms with E-state index in [1.54, 1.807) is 36.7 Å². The zero-order valence-electron chi connectivity index (χ0n) is 19.0. The number of piperidine rings is 1. The molecule has 1 aliphatic rings. The van der Waals surface area contributed by atoms with Crippen molar-refractivity contribution in [3.05, 3.63) is 66.3 Å². The Labute approximate surface area is 202 Å². The first-order valence-electron chi connectivity index (χ1n) is 11.3. The third kappa shape index (κ3) is 4.76. The molecule has 4 aromatic rings. The number of carbonyl (C=O) groups excluding carboxylic acids is 1. The molecule has 5 rings (SSSR count). The lowest BCUT2D eigenvalue weighted by Crippen LogP contribution is -2.55. The van der Waals surface area contributed by atoms with Crippen molar-refractivity contribution in [2.45, 2.75) is 24.9 Å². The highest BCUT2D eigenvalue weighted by Gasteiger charge is 2.36.